The predicted octanol–water partition coefficient (Wildman–Crippen LogP) is 2.20. The monoisotopic (exact) mass is 233 g/mol. The van der Waals surface area contributed by atoms with E-state index < -0.39 is 5.92 Å². The summed E-state index contributed by atoms with van der Waals surface area (Å²) in [6.07, 6.45) is 2.82. The molecule has 0 aliphatic heterocycles. The minimum Gasteiger partial charge on any atom is -0.390 e. The average molecular weight is 233 g/mol. The number of rotatable bonds is 3. The minimum atomic E-state index is -2.90. The molecule has 0 fully saturated rings. The first-order valence-electron chi connectivity index (χ1n) is 4.48. The summed E-state index contributed by atoms with van der Waals surface area (Å²) in [5.41, 5.74) is 5.87. The SMILES string of the molecule is COC1C=C(C(C)(F)F)C=C(C(N)=S)C1. The smallest absolute Gasteiger partial charge is 0.270 e. The predicted molar refractivity (Wildman–Crippen MR) is 59.0 cm³/mol. The summed E-state index contributed by atoms with van der Waals surface area (Å²) in [6.45, 7) is 0.838. The van der Waals surface area contributed by atoms with Gasteiger partial charge >= 0.3 is 0 Å². The molecule has 0 radical (unpaired) electrons. The van der Waals surface area contributed by atoms with Crippen molar-refractivity contribution < 1.29 is 13.5 Å². The number of methoxy groups -OCH3 is 1. The summed E-state index contributed by atoms with van der Waals surface area (Å²) in [7, 11) is 1.47. The van der Waals surface area contributed by atoms with E-state index in [1.807, 2.05) is 0 Å². The number of hydrogen-bond acceptors (Lipinski definition) is 2. The minimum absolute atomic E-state index is 0.0941. The van der Waals surface area contributed by atoms with E-state index in [1.165, 1.54) is 19.3 Å². The van der Waals surface area contributed by atoms with Crippen LogP contribution in [0.15, 0.2) is 23.3 Å². The first-order chi connectivity index (χ1) is 6.84. The molecule has 2 nitrogen and oxygen atoms in total. The maximum Gasteiger partial charge on any atom is 0.270 e. The second-order valence-corrected chi connectivity index (χ2v) is 3.96. The third-order valence-electron chi connectivity index (χ3n) is 2.24. The number of allylic oxidation sites excluding steroid dienone is 2. The lowest BCUT2D eigenvalue weighted by atomic mass is 9.94. The molecule has 0 saturated carbocycles. The normalized spacial score (nSPS) is 22.0. The van der Waals surface area contributed by atoms with Gasteiger partial charge in [0.2, 0.25) is 0 Å². The quantitative estimate of drug-likeness (QED) is 0.759. The van der Waals surface area contributed by atoms with Crippen LogP contribution in [0.2, 0.25) is 0 Å². The van der Waals surface area contributed by atoms with Crippen LogP contribution in [-0.4, -0.2) is 24.1 Å². The molecular formula is C10H13F2NOS. The highest BCUT2D eigenvalue weighted by Gasteiger charge is 2.30. The second-order valence-electron chi connectivity index (χ2n) is 3.52. The van der Waals surface area contributed by atoms with E-state index in [9.17, 15) is 8.78 Å². The summed E-state index contributed by atoms with van der Waals surface area (Å²) in [6, 6.07) is 0. The van der Waals surface area contributed by atoms with Gasteiger partial charge in [0.1, 0.15) is 0 Å². The van der Waals surface area contributed by atoms with Crippen LogP contribution in [0.1, 0.15) is 13.3 Å². The van der Waals surface area contributed by atoms with Gasteiger partial charge in [-0.3, -0.25) is 0 Å². The van der Waals surface area contributed by atoms with Gasteiger partial charge in [0.05, 0.1) is 11.1 Å². The molecule has 0 bridgehead atoms. The van der Waals surface area contributed by atoms with Crippen molar-refractivity contribution in [1.82, 2.24) is 0 Å². The van der Waals surface area contributed by atoms with Crippen LogP contribution in [0.4, 0.5) is 8.78 Å². The zero-order valence-electron chi connectivity index (χ0n) is 8.59. The van der Waals surface area contributed by atoms with Gasteiger partial charge in [-0.25, -0.2) is 8.78 Å². The number of alkyl halides is 2. The van der Waals surface area contributed by atoms with Crippen molar-refractivity contribution in [3.05, 3.63) is 23.3 Å². The molecule has 15 heavy (non-hydrogen) atoms. The van der Waals surface area contributed by atoms with Gasteiger partial charge in [0.15, 0.2) is 0 Å². The molecule has 5 heteroatoms. The first-order valence-corrected chi connectivity index (χ1v) is 4.88. The van der Waals surface area contributed by atoms with Crippen molar-refractivity contribution in [1.29, 1.82) is 0 Å². The Bertz CT molecular complexity index is 331. The molecule has 84 valence electrons. The van der Waals surface area contributed by atoms with Gasteiger partial charge in [0, 0.05) is 26.0 Å². The molecule has 0 aromatic rings. The number of thiocarbonyl (C=S) groups is 1. The van der Waals surface area contributed by atoms with Crippen LogP contribution in [0.3, 0.4) is 0 Å². The van der Waals surface area contributed by atoms with E-state index in [1.54, 1.807) is 0 Å². The highest BCUT2D eigenvalue weighted by molar-refractivity contribution is 7.80. The van der Waals surface area contributed by atoms with Gasteiger partial charge in [-0.1, -0.05) is 12.2 Å². The van der Waals surface area contributed by atoms with Gasteiger partial charge in [-0.05, 0) is 17.7 Å². The molecule has 1 atom stereocenters. The Labute approximate surface area is 92.8 Å². The number of hydrogen-bond donors (Lipinski definition) is 1. The highest BCUT2D eigenvalue weighted by Crippen LogP contribution is 2.30. The van der Waals surface area contributed by atoms with Crippen molar-refractivity contribution in [3.63, 3.8) is 0 Å². The molecule has 1 rings (SSSR count). The number of halogens is 2. The zero-order valence-corrected chi connectivity index (χ0v) is 9.41. The van der Waals surface area contributed by atoms with Gasteiger partial charge in [-0.2, -0.15) is 0 Å². The van der Waals surface area contributed by atoms with Gasteiger partial charge in [-0.15, -0.1) is 0 Å². The maximum atomic E-state index is 13.1. The third kappa shape index (κ3) is 3.07. The van der Waals surface area contributed by atoms with E-state index >= 15 is 0 Å². The molecule has 1 unspecified atom stereocenters. The summed E-state index contributed by atoms with van der Waals surface area (Å²) in [4.78, 5) is 0.145. The fourth-order valence-corrected chi connectivity index (χ4v) is 1.51. The van der Waals surface area contributed by atoms with Gasteiger partial charge < -0.3 is 10.5 Å². The Kier molecular flexibility index (Phi) is 3.57. The van der Waals surface area contributed by atoms with Crippen LogP contribution in [0.5, 0.6) is 0 Å². The first kappa shape index (κ1) is 12.3. The van der Waals surface area contributed by atoms with E-state index in [4.69, 9.17) is 22.7 Å². The third-order valence-corrected chi connectivity index (χ3v) is 2.50. The Hall–Kier alpha value is -0.810. The Morgan fingerprint density at radius 2 is 2.27 bits per heavy atom. The summed E-state index contributed by atoms with van der Waals surface area (Å²) < 4.78 is 31.2. The lowest BCUT2D eigenvalue weighted by molar-refractivity contribution is 0.0623. The fraction of sp³-hybridized carbons (Fsp3) is 0.500. The van der Waals surface area contributed by atoms with Gasteiger partial charge in [0.25, 0.3) is 5.92 Å². The van der Waals surface area contributed by atoms with Crippen LogP contribution < -0.4 is 5.73 Å². The van der Waals surface area contributed by atoms with E-state index in [0.717, 1.165) is 6.92 Å². The Morgan fingerprint density at radius 3 is 2.67 bits per heavy atom. The molecule has 0 aromatic carbocycles. The van der Waals surface area contributed by atoms with Crippen molar-refractivity contribution in [2.75, 3.05) is 7.11 Å². The number of nitrogens with two attached hydrogens (primary N) is 1. The molecule has 0 heterocycles. The van der Waals surface area contributed by atoms with Crippen LogP contribution >= 0.6 is 12.2 Å². The van der Waals surface area contributed by atoms with Crippen molar-refractivity contribution in [3.8, 4) is 0 Å². The second kappa shape index (κ2) is 4.37. The molecule has 0 spiro atoms. The zero-order chi connectivity index (χ0) is 11.6. The molecule has 0 aromatic heterocycles. The largest absolute Gasteiger partial charge is 0.390 e. The Morgan fingerprint density at radius 1 is 1.67 bits per heavy atom. The molecule has 0 amide bonds. The molecular weight excluding hydrogens is 220 g/mol. The van der Waals surface area contributed by atoms with E-state index in [-0.39, 0.29) is 16.7 Å². The highest BCUT2D eigenvalue weighted by atomic mass is 32.1. The van der Waals surface area contributed by atoms with Crippen LogP contribution in [0.25, 0.3) is 0 Å². The maximum absolute atomic E-state index is 13.1. The fourth-order valence-electron chi connectivity index (χ4n) is 1.37. The Balaban J connectivity index is 3.03. The van der Waals surface area contributed by atoms with Crippen molar-refractivity contribution in [2.24, 2.45) is 5.73 Å². The topological polar surface area (TPSA) is 35.2 Å². The molecule has 1 aliphatic rings. The lowest BCUT2D eigenvalue weighted by Crippen LogP contribution is -2.25. The summed E-state index contributed by atoms with van der Waals surface area (Å²) in [5.74, 6) is -2.90. The molecule has 1 aliphatic carbocycles. The van der Waals surface area contributed by atoms with E-state index in [0.29, 0.717) is 12.0 Å². The summed E-state index contributed by atoms with van der Waals surface area (Å²) in [5, 5.41) is 0. The van der Waals surface area contributed by atoms with Crippen LogP contribution in [-0.2, 0) is 4.74 Å². The molecule has 2 N–H and O–H groups in total. The van der Waals surface area contributed by atoms with Crippen molar-refractivity contribution in [2.45, 2.75) is 25.4 Å². The average Bonchev–Trinajstić information content (AvgIpc) is 2.15. The number of ether oxygens (including phenoxy) is 1. The van der Waals surface area contributed by atoms with Crippen LogP contribution in [0, 0.1) is 0 Å². The lowest BCUT2D eigenvalue weighted by Gasteiger charge is -2.23. The van der Waals surface area contributed by atoms with Crippen molar-refractivity contribution >= 4 is 17.2 Å². The molecule has 0 saturated heterocycles. The summed E-state index contributed by atoms with van der Waals surface area (Å²) >= 11 is 4.77. The van der Waals surface area contributed by atoms with E-state index in [2.05, 4.69) is 0 Å². The standard InChI is InChI=1S/C10H13F2NOS/c1-10(11,12)7-3-6(9(13)15)4-8(5-7)14-2/h3,5,8H,4H2,1-2H3,(H2,13,15).